The summed E-state index contributed by atoms with van der Waals surface area (Å²) in [6, 6.07) is 5.29. The molecule has 2 heterocycles. The van der Waals surface area contributed by atoms with Crippen molar-refractivity contribution in [3.63, 3.8) is 0 Å². The van der Waals surface area contributed by atoms with Crippen molar-refractivity contribution in [2.45, 2.75) is 6.42 Å². The van der Waals surface area contributed by atoms with Crippen molar-refractivity contribution in [2.24, 2.45) is 0 Å². The van der Waals surface area contributed by atoms with E-state index >= 15 is 0 Å². The first kappa shape index (κ1) is 10.2. The second-order valence-corrected chi connectivity index (χ2v) is 4.65. The van der Waals surface area contributed by atoms with Crippen LogP contribution in [0.25, 0.3) is 10.2 Å². The number of aromatic nitrogens is 1. The zero-order valence-electron chi connectivity index (χ0n) is 8.84. The Morgan fingerprint density at radius 2 is 2.24 bits per heavy atom. The van der Waals surface area contributed by atoms with Crippen LogP contribution in [0, 0.1) is 0 Å². The van der Waals surface area contributed by atoms with Crippen molar-refractivity contribution in [3.8, 4) is 0 Å². The van der Waals surface area contributed by atoms with E-state index < -0.39 is 0 Å². The summed E-state index contributed by atoms with van der Waals surface area (Å²) in [6.07, 6.45) is 0.340. The fourth-order valence-electron chi connectivity index (χ4n) is 1.82. The minimum atomic E-state index is -0.356. The molecule has 3 rings (SSSR count). The van der Waals surface area contributed by atoms with Crippen LogP contribution < -0.4 is 10.2 Å². The quantitative estimate of drug-likeness (QED) is 0.835. The molecular formula is C11H9N3O2S. The van der Waals surface area contributed by atoms with Gasteiger partial charge in [0, 0.05) is 18.7 Å². The van der Waals surface area contributed by atoms with Gasteiger partial charge in [0.25, 0.3) is 0 Å². The van der Waals surface area contributed by atoms with Gasteiger partial charge in [-0.05, 0) is 18.2 Å². The predicted molar refractivity (Wildman–Crippen MR) is 65.1 cm³/mol. The molecule has 1 N–H and O–H groups in total. The summed E-state index contributed by atoms with van der Waals surface area (Å²) in [6.45, 7) is 0.426. The third-order valence-corrected chi connectivity index (χ3v) is 3.47. The van der Waals surface area contributed by atoms with E-state index in [0.717, 1.165) is 15.9 Å². The van der Waals surface area contributed by atoms with E-state index in [1.165, 1.54) is 11.3 Å². The maximum Gasteiger partial charge on any atom is 0.328 e. The Morgan fingerprint density at radius 1 is 1.35 bits per heavy atom. The summed E-state index contributed by atoms with van der Waals surface area (Å²) in [7, 11) is 0. The molecule has 86 valence electrons. The van der Waals surface area contributed by atoms with Gasteiger partial charge in [-0.15, -0.1) is 11.3 Å². The number of rotatable bonds is 1. The van der Waals surface area contributed by atoms with Crippen LogP contribution in [-0.2, 0) is 4.79 Å². The standard InChI is InChI=1S/C11H9N3O2S/c15-10-3-4-14(11(16)13-10)7-1-2-8-9(5-7)17-6-12-8/h1-2,5-6H,3-4H2,(H,13,15,16). The van der Waals surface area contributed by atoms with Gasteiger partial charge in [-0.25, -0.2) is 9.78 Å². The first-order valence-corrected chi connectivity index (χ1v) is 6.06. The van der Waals surface area contributed by atoms with Crippen LogP contribution in [0.5, 0.6) is 0 Å². The lowest BCUT2D eigenvalue weighted by molar-refractivity contribution is -0.120. The van der Waals surface area contributed by atoms with Crippen molar-refractivity contribution >= 4 is 39.2 Å². The molecule has 0 bridgehead atoms. The van der Waals surface area contributed by atoms with Gasteiger partial charge in [-0.3, -0.25) is 15.0 Å². The summed E-state index contributed by atoms with van der Waals surface area (Å²) in [5, 5.41) is 2.31. The Kier molecular flexibility index (Phi) is 2.29. The van der Waals surface area contributed by atoms with Crippen LogP contribution in [0.15, 0.2) is 23.7 Å². The summed E-state index contributed by atoms with van der Waals surface area (Å²) in [5.74, 6) is -0.217. The maximum atomic E-state index is 11.7. The number of urea groups is 1. The van der Waals surface area contributed by atoms with Crippen molar-refractivity contribution < 1.29 is 9.59 Å². The molecule has 1 aliphatic heterocycles. The van der Waals surface area contributed by atoms with E-state index in [0.29, 0.717) is 13.0 Å². The molecular weight excluding hydrogens is 238 g/mol. The Bertz CT molecular complexity index is 608. The van der Waals surface area contributed by atoms with E-state index in [2.05, 4.69) is 10.3 Å². The van der Waals surface area contributed by atoms with Gasteiger partial charge in [-0.2, -0.15) is 0 Å². The fourth-order valence-corrected chi connectivity index (χ4v) is 2.53. The molecule has 1 aromatic heterocycles. The number of carbonyl (C=O) groups is 2. The number of hydrogen-bond acceptors (Lipinski definition) is 4. The maximum absolute atomic E-state index is 11.7. The predicted octanol–water partition coefficient (Wildman–Crippen LogP) is 1.74. The first-order chi connectivity index (χ1) is 8.24. The van der Waals surface area contributed by atoms with E-state index in [-0.39, 0.29) is 11.9 Å². The molecule has 1 fully saturated rings. The lowest BCUT2D eigenvalue weighted by atomic mass is 10.2. The molecule has 5 nitrogen and oxygen atoms in total. The lowest BCUT2D eigenvalue weighted by Gasteiger charge is -2.26. The SMILES string of the molecule is O=C1CCN(c2ccc3ncsc3c2)C(=O)N1. The molecule has 2 aromatic rings. The second kappa shape index (κ2) is 3.81. The third-order valence-electron chi connectivity index (χ3n) is 2.68. The molecule has 0 aliphatic carbocycles. The molecule has 17 heavy (non-hydrogen) atoms. The van der Waals surface area contributed by atoms with Crippen molar-refractivity contribution in [3.05, 3.63) is 23.7 Å². The highest BCUT2D eigenvalue weighted by Crippen LogP contribution is 2.25. The molecule has 1 aliphatic rings. The van der Waals surface area contributed by atoms with Gasteiger partial charge in [-0.1, -0.05) is 0 Å². The summed E-state index contributed by atoms with van der Waals surface area (Å²) >= 11 is 1.53. The van der Waals surface area contributed by atoms with Crippen LogP contribution in [0.1, 0.15) is 6.42 Å². The molecule has 1 saturated heterocycles. The van der Waals surface area contributed by atoms with Crippen LogP contribution >= 0.6 is 11.3 Å². The van der Waals surface area contributed by atoms with Crippen LogP contribution in [0.2, 0.25) is 0 Å². The van der Waals surface area contributed by atoms with Gasteiger partial charge in [0.2, 0.25) is 5.91 Å². The monoisotopic (exact) mass is 247 g/mol. The van der Waals surface area contributed by atoms with E-state index in [1.807, 2.05) is 18.2 Å². The highest BCUT2D eigenvalue weighted by atomic mass is 32.1. The lowest BCUT2D eigenvalue weighted by Crippen LogP contribution is -2.49. The number of nitrogens with zero attached hydrogens (tertiary/aromatic N) is 2. The molecule has 0 spiro atoms. The van der Waals surface area contributed by atoms with Gasteiger partial charge >= 0.3 is 6.03 Å². The van der Waals surface area contributed by atoms with Crippen molar-refractivity contribution in [1.82, 2.24) is 10.3 Å². The third kappa shape index (κ3) is 1.76. The average molecular weight is 247 g/mol. The number of fused-ring (bicyclic) bond motifs is 1. The van der Waals surface area contributed by atoms with E-state index in [1.54, 1.807) is 10.4 Å². The molecule has 3 amide bonds. The van der Waals surface area contributed by atoms with Gasteiger partial charge in [0.05, 0.1) is 15.7 Å². The highest BCUT2D eigenvalue weighted by molar-refractivity contribution is 7.16. The number of anilines is 1. The normalized spacial score (nSPS) is 16.4. The minimum Gasteiger partial charge on any atom is -0.294 e. The van der Waals surface area contributed by atoms with Crippen LogP contribution in [0.4, 0.5) is 10.5 Å². The number of thiazole rings is 1. The second-order valence-electron chi connectivity index (χ2n) is 3.76. The number of amides is 3. The van der Waals surface area contributed by atoms with Crippen molar-refractivity contribution in [1.29, 1.82) is 0 Å². The molecule has 0 radical (unpaired) electrons. The Hall–Kier alpha value is -1.95. The summed E-state index contributed by atoms with van der Waals surface area (Å²) < 4.78 is 1.03. The van der Waals surface area contributed by atoms with Gasteiger partial charge < -0.3 is 0 Å². The Morgan fingerprint density at radius 3 is 3.06 bits per heavy atom. The molecule has 6 heteroatoms. The number of benzene rings is 1. The number of hydrogen-bond donors (Lipinski definition) is 1. The minimum absolute atomic E-state index is 0.217. The van der Waals surface area contributed by atoms with Gasteiger partial charge in [0.15, 0.2) is 0 Å². The topological polar surface area (TPSA) is 62.3 Å². The van der Waals surface area contributed by atoms with Gasteiger partial charge in [0.1, 0.15) is 0 Å². The Balaban J connectivity index is 1.97. The molecule has 1 aromatic carbocycles. The van der Waals surface area contributed by atoms with Crippen molar-refractivity contribution in [2.75, 3.05) is 11.4 Å². The van der Waals surface area contributed by atoms with E-state index in [4.69, 9.17) is 0 Å². The molecule has 0 atom stereocenters. The summed E-state index contributed by atoms with van der Waals surface area (Å²) in [5.41, 5.74) is 3.49. The highest BCUT2D eigenvalue weighted by Gasteiger charge is 2.24. The largest absolute Gasteiger partial charge is 0.328 e. The number of imide groups is 1. The smallest absolute Gasteiger partial charge is 0.294 e. The fraction of sp³-hybridized carbons (Fsp3) is 0.182. The zero-order valence-corrected chi connectivity index (χ0v) is 9.66. The van der Waals surface area contributed by atoms with E-state index in [9.17, 15) is 9.59 Å². The Labute approximate surface area is 101 Å². The summed E-state index contributed by atoms with van der Waals surface area (Å²) in [4.78, 5) is 28.5. The number of carbonyl (C=O) groups excluding carboxylic acids is 2. The average Bonchev–Trinajstić information content (AvgIpc) is 2.75. The number of nitrogens with one attached hydrogen (secondary N) is 1. The molecule has 0 unspecified atom stereocenters. The van der Waals surface area contributed by atoms with Crippen LogP contribution in [0.3, 0.4) is 0 Å². The zero-order chi connectivity index (χ0) is 11.8. The molecule has 0 saturated carbocycles. The van der Waals surface area contributed by atoms with Crippen LogP contribution in [-0.4, -0.2) is 23.5 Å². The first-order valence-electron chi connectivity index (χ1n) is 5.18.